The van der Waals surface area contributed by atoms with Crippen LogP contribution in [0.4, 0.5) is 10.2 Å². The van der Waals surface area contributed by atoms with Crippen molar-refractivity contribution in [2.24, 2.45) is 0 Å². The zero-order valence-corrected chi connectivity index (χ0v) is 28.1. The van der Waals surface area contributed by atoms with E-state index in [0.29, 0.717) is 28.6 Å². The maximum atomic E-state index is 15.7. The molecule has 3 fully saturated rings. The van der Waals surface area contributed by atoms with Crippen molar-refractivity contribution >= 4 is 22.8 Å². The number of piperazine rings is 1. The molecule has 3 aliphatic rings. The number of ether oxygens (including phenoxy) is 2. The fraction of sp³-hybridized carbons (Fsp3) is 0.417. The molecule has 14 heteroatoms. The van der Waals surface area contributed by atoms with Crippen molar-refractivity contribution in [3.05, 3.63) is 72.3 Å². The smallest absolute Gasteiger partial charge is 0.264 e. The Morgan fingerprint density at radius 2 is 1.84 bits per heavy atom. The number of hydrogen-bond acceptors (Lipinski definition) is 11. The molecule has 2 aromatic heterocycles. The minimum absolute atomic E-state index is 0.00939. The molecular weight excluding hydrogens is 641 g/mol. The van der Waals surface area contributed by atoms with Gasteiger partial charge in [0.25, 0.3) is 5.91 Å². The van der Waals surface area contributed by atoms with E-state index in [9.17, 15) is 15.2 Å². The van der Waals surface area contributed by atoms with Gasteiger partial charge in [0.1, 0.15) is 46.8 Å². The highest BCUT2D eigenvalue weighted by Gasteiger charge is 2.37. The Labute approximate surface area is 289 Å². The van der Waals surface area contributed by atoms with Crippen molar-refractivity contribution in [1.82, 2.24) is 34.4 Å². The van der Waals surface area contributed by atoms with Crippen LogP contribution in [0, 0.1) is 17.1 Å². The molecule has 4 aromatic rings. The number of likely N-dealkylation sites (tertiary alicyclic amines) is 1. The topological polar surface area (TPSA) is 159 Å². The lowest BCUT2D eigenvalue weighted by atomic mass is 9.96. The first-order chi connectivity index (χ1) is 24.1. The minimum atomic E-state index is -0.901. The first-order valence-electron chi connectivity index (χ1n) is 16.8. The average Bonchev–Trinajstić information content (AvgIpc) is 3.47. The number of halogens is 1. The van der Waals surface area contributed by atoms with Gasteiger partial charge in [-0.05, 0) is 50.6 Å². The van der Waals surface area contributed by atoms with Crippen molar-refractivity contribution in [1.29, 1.82) is 5.26 Å². The van der Waals surface area contributed by atoms with Crippen molar-refractivity contribution in [2.45, 2.75) is 44.0 Å². The molecule has 0 radical (unpaired) electrons. The number of fused-ring (bicyclic) bond motifs is 1. The summed E-state index contributed by atoms with van der Waals surface area (Å²) < 4.78 is 28.4. The number of nitrogens with zero attached hydrogens (tertiary/aromatic N) is 8. The van der Waals surface area contributed by atoms with E-state index in [-0.39, 0.29) is 42.2 Å². The molecule has 3 aliphatic heterocycles. The van der Waals surface area contributed by atoms with E-state index < -0.39 is 29.4 Å². The number of benzene rings is 2. The summed E-state index contributed by atoms with van der Waals surface area (Å²) in [5, 5.41) is 26.3. The molecule has 13 nitrogen and oxygen atoms in total. The molecule has 0 bridgehead atoms. The monoisotopic (exact) mass is 681 g/mol. The second-order valence-corrected chi connectivity index (χ2v) is 13.6. The number of para-hydroxylation sites is 1. The Kier molecular flexibility index (Phi) is 9.23. The van der Waals surface area contributed by atoms with Gasteiger partial charge in [-0.25, -0.2) is 19.0 Å². The number of nitrogens with two attached hydrogens (primary N) is 1. The van der Waals surface area contributed by atoms with Gasteiger partial charge in [-0.3, -0.25) is 14.6 Å². The molecule has 3 N–H and O–H groups in total. The number of nitriles is 1. The molecule has 0 spiro atoms. The van der Waals surface area contributed by atoms with Gasteiger partial charge in [-0.2, -0.15) is 10.4 Å². The van der Waals surface area contributed by atoms with Crippen molar-refractivity contribution < 1.29 is 23.8 Å². The highest BCUT2D eigenvalue weighted by Crippen LogP contribution is 2.37. The summed E-state index contributed by atoms with van der Waals surface area (Å²) in [7, 11) is 0. The molecule has 7 rings (SSSR count). The number of rotatable bonds is 8. The molecule has 260 valence electrons. The normalized spacial score (nSPS) is 21.2. The minimum Gasteiger partial charge on any atom is -0.457 e. The van der Waals surface area contributed by atoms with Crippen LogP contribution in [0.25, 0.3) is 22.3 Å². The molecule has 3 saturated heterocycles. The number of anilines is 1. The van der Waals surface area contributed by atoms with Crippen molar-refractivity contribution in [3.8, 4) is 28.8 Å². The highest BCUT2D eigenvalue weighted by molar-refractivity contribution is 5.99. The molecular formula is C36H40FN9O4. The van der Waals surface area contributed by atoms with Gasteiger partial charge in [0.05, 0.1) is 36.8 Å². The zero-order chi connectivity index (χ0) is 35.0. The van der Waals surface area contributed by atoms with Crippen LogP contribution < -0.4 is 10.5 Å². The van der Waals surface area contributed by atoms with E-state index in [0.717, 1.165) is 39.4 Å². The summed E-state index contributed by atoms with van der Waals surface area (Å²) in [5.74, 6) is -0.0641. The molecule has 5 heterocycles. The molecule has 2 atom stereocenters. The lowest BCUT2D eigenvalue weighted by molar-refractivity contribution is -0.131. The van der Waals surface area contributed by atoms with Gasteiger partial charge in [-0.15, -0.1) is 0 Å². The Morgan fingerprint density at radius 1 is 1.08 bits per heavy atom. The number of carbonyl (C=O) groups excluding carboxylic acids is 1. The SMILES string of the molecule is CC(C)(/C=C(\C#N)C(=O)N1C[C@H](O)C[C@@H](n2nc(-c3ccc(Oc4ccccc4)cc3F)c3c(N)ncnc32)C1)N1CCN(C2COC2)CC1. The molecule has 0 unspecified atom stereocenters. The number of hydrogen-bond donors (Lipinski definition) is 2. The Bertz CT molecular complexity index is 1950. The van der Waals surface area contributed by atoms with Gasteiger partial charge in [0.15, 0.2) is 5.65 Å². The number of piperidine rings is 1. The fourth-order valence-corrected chi connectivity index (χ4v) is 7.06. The largest absolute Gasteiger partial charge is 0.457 e. The summed E-state index contributed by atoms with van der Waals surface area (Å²) in [5.41, 5.74) is 6.50. The van der Waals surface area contributed by atoms with Gasteiger partial charge < -0.3 is 25.2 Å². The highest BCUT2D eigenvalue weighted by atomic mass is 19.1. The number of aliphatic hydroxyl groups is 1. The van der Waals surface area contributed by atoms with Crippen LogP contribution >= 0.6 is 0 Å². The molecule has 50 heavy (non-hydrogen) atoms. The lowest BCUT2D eigenvalue weighted by Crippen LogP contribution is -2.59. The summed E-state index contributed by atoms with van der Waals surface area (Å²) in [6, 6.07) is 15.6. The quantitative estimate of drug-likeness (QED) is 0.207. The van der Waals surface area contributed by atoms with Gasteiger partial charge in [-0.1, -0.05) is 18.2 Å². The van der Waals surface area contributed by atoms with Gasteiger partial charge in [0.2, 0.25) is 0 Å². The second kappa shape index (κ2) is 13.8. The van der Waals surface area contributed by atoms with Gasteiger partial charge in [0, 0.05) is 56.4 Å². The Hall–Kier alpha value is -4.94. The van der Waals surface area contributed by atoms with E-state index in [1.54, 1.807) is 35.0 Å². The lowest BCUT2D eigenvalue weighted by Gasteiger charge is -2.46. The number of nitrogen functional groups attached to an aromatic ring is 1. The first-order valence-corrected chi connectivity index (χ1v) is 16.8. The van der Waals surface area contributed by atoms with Crippen LogP contribution in [0.2, 0.25) is 0 Å². The molecule has 2 aromatic carbocycles. The molecule has 0 aliphatic carbocycles. The first kappa shape index (κ1) is 33.6. The molecule has 1 amide bonds. The fourth-order valence-electron chi connectivity index (χ4n) is 7.06. The van der Waals surface area contributed by atoms with Crippen molar-refractivity contribution in [3.63, 3.8) is 0 Å². The van der Waals surface area contributed by atoms with E-state index in [1.165, 1.54) is 17.3 Å². The van der Waals surface area contributed by atoms with Crippen LogP contribution in [0.3, 0.4) is 0 Å². The predicted octanol–water partition coefficient (Wildman–Crippen LogP) is 3.39. The third-order valence-corrected chi connectivity index (χ3v) is 9.85. The summed E-state index contributed by atoms with van der Waals surface area (Å²) in [6.07, 6.45) is 2.38. The summed E-state index contributed by atoms with van der Waals surface area (Å²) in [6.45, 7) is 9.15. The van der Waals surface area contributed by atoms with E-state index in [2.05, 4.69) is 25.8 Å². The second-order valence-electron chi connectivity index (χ2n) is 13.6. The maximum Gasteiger partial charge on any atom is 0.264 e. The number of amides is 1. The van der Waals surface area contributed by atoms with Crippen LogP contribution in [-0.4, -0.2) is 116 Å². The van der Waals surface area contributed by atoms with Crippen molar-refractivity contribution in [2.75, 3.05) is 58.2 Å². The van der Waals surface area contributed by atoms with Crippen LogP contribution in [0.1, 0.15) is 26.3 Å². The number of β-amino-alcohol motifs (C(OH)–C–C–N with tert-alkyl or cyclic N) is 1. The number of aromatic nitrogens is 4. The Morgan fingerprint density at radius 3 is 2.52 bits per heavy atom. The molecule has 0 saturated carbocycles. The maximum absolute atomic E-state index is 15.7. The zero-order valence-electron chi connectivity index (χ0n) is 28.1. The standard InChI is InChI=1S/C36H40FN9O4/c1-36(2,45-12-10-43(11-13-45)25-20-49-21-25)16-23(17-38)35(48)44-18-24(14-26(47)19-44)46-34-31(33(39)40-22-41-34)32(42-46)29-9-8-28(15-30(29)37)50-27-6-4-3-5-7-27/h3-9,15-16,22,24-26,47H,10-14,18-21H2,1-2H3,(H2,39,40,41)/b23-16+/t24-,26-/m1/s1. The van der Waals surface area contributed by atoms with Gasteiger partial charge >= 0.3 is 0 Å². The van der Waals surface area contributed by atoms with E-state index >= 15 is 4.39 Å². The number of carbonyl (C=O) groups is 1. The average molecular weight is 682 g/mol. The van der Waals surface area contributed by atoms with E-state index in [4.69, 9.17) is 20.3 Å². The predicted molar refractivity (Wildman–Crippen MR) is 183 cm³/mol. The third-order valence-electron chi connectivity index (χ3n) is 9.85. The number of aliphatic hydroxyl groups excluding tert-OH is 1. The van der Waals surface area contributed by atoms with Crippen LogP contribution in [0.5, 0.6) is 11.5 Å². The van der Waals surface area contributed by atoms with Crippen LogP contribution in [-0.2, 0) is 9.53 Å². The third kappa shape index (κ3) is 6.65. The van der Waals surface area contributed by atoms with E-state index in [1.807, 2.05) is 32.0 Å². The summed E-state index contributed by atoms with van der Waals surface area (Å²) in [4.78, 5) is 28.7. The van der Waals surface area contributed by atoms with Crippen LogP contribution in [0.15, 0.2) is 66.5 Å². The summed E-state index contributed by atoms with van der Waals surface area (Å²) >= 11 is 0. The Balaban J connectivity index is 1.13.